The zero-order valence-electron chi connectivity index (χ0n) is 16.5. The van der Waals surface area contributed by atoms with E-state index in [4.69, 9.17) is 9.47 Å². The van der Waals surface area contributed by atoms with Crippen LogP contribution in [0.3, 0.4) is 0 Å². The van der Waals surface area contributed by atoms with Crippen molar-refractivity contribution in [2.75, 3.05) is 39.2 Å². The van der Waals surface area contributed by atoms with Crippen LogP contribution in [-0.4, -0.2) is 45.7 Å². The molecule has 0 aliphatic carbocycles. The summed E-state index contributed by atoms with van der Waals surface area (Å²) >= 11 is 0. The molecule has 0 aromatic heterocycles. The molecule has 0 bridgehead atoms. The van der Waals surface area contributed by atoms with Gasteiger partial charge in [-0.3, -0.25) is 9.59 Å². The Hall–Kier alpha value is -3.13. The van der Waals surface area contributed by atoms with Gasteiger partial charge in [0.1, 0.15) is 12.4 Å². The second-order valence-electron chi connectivity index (χ2n) is 6.91. The monoisotopic (exact) mass is 402 g/mol. The van der Waals surface area contributed by atoms with Crippen LogP contribution in [0, 0.1) is 5.82 Å². The zero-order valence-corrected chi connectivity index (χ0v) is 16.5. The number of amides is 2. The normalized spacial score (nSPS) is 15.2. The van der Waals surface area contributed by atoms with Crippen molar-refractivity contribution in [1.82, 2.24) is 5.32 Å². The third kappa shape index (κ3) is 5.45. The van der Waals surface area contributed by atoms with Crippen LogP contribution in [0.1, 0.15) is 11.1 Å². The maximum Gasteiger partial charge on any atom is 0.275 e. The molecule has 1 aliphatic heterocycles. The SMILES string of the molecule is COc1cc2c(cc1OC)C[NH+](CC(=O)NCC(=O)Nc1ccc(F)cc1)CC2. The van der Waals surface area contributed by atoms with E-state index in [2.05, 4.69) is 10.6 Å². The van der Waals surface area contributed by atoms with Crippen molar-refractivity contribution in [2.24, 2.45) is 0 Å². The summed E-state index contributed by atoms with van der Waals surface area (Å²) in [7, 11) is 3.21. The topological polar surface area (TPSA) is 81.1 Å². The molecule has 3 N–H and O–H groups in total. The molecular formula is C21H25FN3O4+. The molecule has 1 atom stereocenters. The molecule has 29 heavy (non-hydrogen) atoms. The van der Waals surface area contributed by atoms with Crippen molar-refractivity contribution >= 4 is 17.5 Å². The minimum absolute atomic E-state index is 0.134. The maximum atomic E-state index is 12.9. The Morgan fingerprint density at radius 2 is 1.69 bits per heavy atom. The molecule has 1 heterocycles. The predicted molar refractivity (Wildman–Crippen MR) is 106 cm³/mol. The number of anilines is 1. The molecule has 0 radical (unpaired) electrons. The number of quaternary nitrogens is 1. The first-order valence-corrected chi connectivity index (χ1v) is 9.38. The molecular weight excluding hydrogens is 377 g/mol. The number of fused-ring (bicyclic) bond motifs is 1. The van der Waals surface area contributed by atoms with Gasteiger partial charge in [0.25, 0.3) is 5.91 Å². The second-order valence-corrected chi connectivity index (χ2v) is 6.91. The highest BCUT2D eigenvalue weighted by atomic mass is 19.1. The van der Waals surface area contributed by atoms with Crippen LogP contribution < -0.4 is 25.0 Å². The average Bonchev–Trinajstić information content (AvgIpc) is 2.72. The molecule has 3 rings (SSSR count). The van der Waals surface area contributed by atoms with Crippen LogP contribution in [0.25, 0.3) is 0 Å². The molecule has 1 aliphatic rings. The van der Waals surface area contributed by atoms with Crippen LogP contribution in [0.4, 0.5) is 10.1 Å². The Balaban J connectivity index is 1.49. The van der Waals surface area contributed by atoms with Gasteiger partial charge in [0.2, 0.25) is 5.91 Å². The van der Waals surface area contributed by atoms with E-state index < -0.39 is 0 Å². The first-order chi connectivity index (χ1) is 14.0. The molecule has 0 spiro atoms. The maximum absolute atomic E-state index is 12.9. The number of ether oxygens (including phenoxy) is 2. The zero-order chi connectivity index (χ0) is 20.8. The fourth-order valence-corrected chi connectivity index (χ4v) is 3.39. The largest absolute Gasteiger partial charge is 0.493 e. The Morgan fingerprint density at radius 3 is 2.34 bits per heavy atom. The lowest BCUT2D eigenvalue weighted by Gasteiger charge is -2.26. The standard InChI is InChI=1S/C21H24FN3O4/c1-28-18-9-14-7-8-25(12-15(14)10-19(18)29-2)13-21(27)23-11-20(26)24-17-5-3-16(22)4-6-17/h3-6,9-10H,7-8,11-13H2,1-2H3,(H,23,27)(H,24,26)/p+1. The van der Waals surface area contributed by atoms with E-state index in [1.807, 2.05) is 12.1 Å². The fraction of sp³-hybridized carbons (Fsp3) is 0.333. The number of halogens is 1. The number of hydrogen-bond donors (Lipinski definition) is 3. The van der Waals surface area contributed by atoms with Gasteiger partial charge in [-0.25, -0.2) is 4.39 Å². The smallest absolute Gasteiger partial charge is 0.275 e. The summed E-state index contributed by atoms with van der Waals surface area (Å²) in [6.07, 6.45) is 0.837. The molecule has 2 aromatic carbocycles. The van der Waals surface area contributed by atoms with Crippen molar-refractivity contribution in [3.8, 4) is 11.5 Å². The van der Waals surface area contributed by atoms with E-state index in [0.29, 0.717) is 23.7 Å². The van der Waals surface area contributed by atoms with Gasteiger partial charge in [-0.15, -0.1) is 0 Å². The summed E-state index contributed by atoms with van der Waals surface area (Å²) in [6, 6.07) is 9.40. The highest BCUT2D eigenvalue weighted by Crippen LogP contribution is 2.31. The lowest BCUT2D eigenvalue weighted by atomic mass is 9.99. The number of carbonyl (C=O) groups excluding carboxylic acids is 2. The summed E-state index contributed by atoms with van der Waals surface area (Å²) in [4.78, 5) is 25.3. The molecule has 1 unspecified atom stereocenters. The molecule has 154 valence electrons. The third-order valence-corrected chi connectivity index (χ3v) is 4.88. The summed E-state index contributed by atoms with van der Waals surface area (Å²) in [5.74, 6) is 0.450. The molecule has 2 amide bonds. The second kappa shape index (κ2) is 9.38. The number of hydrogen-bond acceptors (Lipinski definition) is 4. The van der Waals surface area contributed by atoms with E-state index in [0.717, 1.165) is 23.4 Å². The lowest BCUT2D eigenvalue weighted by Crippen LogP contribution is -3.12. The number of nitrogens with one attached hydrogen (secondary N) is 3. The van der Waals surface area contributed by atoms with Gasteiger partial charge < -0.3 is 25.0 Å². The number of benzene rings is 2. The van der Waals surface area contributed by atoms with Gasteiger partial charge in [-0.2, -0.15) is 0 Å². The third-order valence-electron chi connectivity index (χ3n) is 4.88. The van der Waals surface area contributed by atoms with Crippen LogP contribution >= 0.6 is 0 Å². The molecule has 7 nitrogen and oxygen atoms in total. The van der Waals surface area contributed by atoms with Gasteiger partial charge in [-0.05, 0) is 42.0 Å². The Bertz CT molecular complexity index is 886. The van der Waals surface area contributed by atoms with Gasteiger partial charge in [0.15, 0.2) is 18.0 Å². The van der Waals surface area contributed by atoms with Crippen LogP contribution in [0.5, 0.6) is 11.5 Å². The van der Waals surface area contributed by atoms with Crippen molar-refractivity contribution in [3.63, 3.8) is 0 Å². The summed E-state index contributed by atoms with van der Waals surface area (Å²) < 4.78 is 23.6. The van der Waals surface area contributed by atoms with Crippen molar-refractivity contribution < 1.29 is 28.4 Å². The van der Waals surface area contributed by atoms with E-state index >= 15 is 0 Å². The van der Waals surface area contributed by atoms with Crippen LogP contribution in [0.2, 0.25) is 0 Å². The number of carbonyl (C=O) groups is 2. The summed E-state index contributed by atoms with van der Waals surface area (Å²) in [6.45, 7) is 1.66. The highest BCUT2D eigenvalue weighted by Gasteiger charge is 2.24. The number of rotatable bonds is 7. The Morgan fingerprint density at radius 1 is 1.03 bits per heavy atom. The molecule has 0 saturated carbocycles. The quantitative estimate of drug-likeness (QED) is 0.632. The Labute approximate surface area is 168 Å². The van der Waals surface area contributed by atoms with E-state index in [-0.39, 0.29) is 30.7 Å². The molecule has 8 heteroatoms. The molecule has 2 aromatic rings. The minimum Gasteiger partial charge on any atom is -0.493 e. The van der Waals surface area contributed by atoms with E-state index in [1.165, 1.54) is 29.8 Å². The molecule has 0 fully saturated rings. The lowest BCUT2D eigenvalue weighted by molar-refractivity contribution is -0.908. The molecule has 0 saturated heterocycles. The number of methoxy groups -OCH3 is 2. The van der Waals surface area contributed by atoms with Gasteiger partial charge in [-0.1, -0.05) is 0 Å². The van der Waals surface area contributed by atoms with Gasteiger partial charge in [0.05, 0.1) is 27.3 Å². The van der Waals surface area contributed by atoms with Crippen molar-refractivity contribution in [3.05, 3.63) is 53.3 Å². The minimum atomic E-state index is -0.376. The van der Waals surface area contributed by atoms with Gasteiger partial charge in [0, 0.05) is 17.7 Å². The predicted octanol–water partition coefficient (Wildman–Crippen LogP) is 0.539. The first kappa shape index (κ1) is 20.6. The highest BCUT2D eigenvalue weighted by molar-refractivity contribution is 5.94. The summed E-state index contributed by atoms with van der Waals surface area (Å²) in [5, 5.41) is 5.25. The van der Waals surface area contributed by atoms with Crippen LogP contribution in [0.15, 0.2) is 36.4 Å². The van der Waals surface area contributed by atoms with E-state index in [1.54, 1.807) is 14.2 Å². The van der Waals surface area contributed by atoms with Gasteiger partial charge >= 0.3 is 0 Å². The van der Waals surface area contributed by atoms with Crippen molar-refractivity contribution in [1.29, 1.82) is 0 Å². The first-order valence-electron chi connectivity index (χ1n) is 9.38. The van der Waals surface area contributed by atoms with E-state index in [9.17, 15) is 14.0 Å². The Kier molecular flexibility index (Phi) is 6.66. The average molecular weight is 402 g/mol. The fourth-order valence-electron chi connectivity index (χ4n) is 3.39. The van der Waals surface area contributed by atoms with Crippen LogP contribution in [-0.2, 0) is 22.6 Å². The van der Waals surface area contributed by atoms with Crippen molar-refractivity contribution in [2.45, 2.75) is 13.0 Å². The summed E-state index contributed by atoms with van der Waals surface area (Å²) in [5.41, 5.74) is 2.81.